The topological polar surface area (TPSA) is 58.1 Å². The summed E-state index contributed by atoms with van der Waals surface area (Å²) in [4.78, 5) is 23.2. The van der Waals surface area contributed by atoms with Crippen molar-refractivity contribution in [1.82, 2.24) is 15.3 Å². The van der Waals surface area contributed by atoms with Crippen LogP contribution < -0.4 is 10.2 Å². The molecule has 25 heavy (non-hydrogen) atoms. The van der Waals surface area contributed by atoms with E-state index in [9.17, 15) is 4.79 Å². The summed E-state index contributed by atoms with van der Waals surface area (Å²) >= 11 is 6.21. The van der Waals surface area contributed by atoms with Gasteiger partial charge >= 0.3 is 0 Å². The molecule has 0 radical (unpaired) electrons. The van der Waals surface area contributed by atoms with Crippen LogP contribution in [-0.4, -0.2) is 35.0 Å². The van der Waals surface area contributed by atoms with Gasteiger partial charge in [-0.1, -0.05) is 29.8 Å². The van der Waals surface area contributed by atoms with Gasteiger partial charge < -0.3 is 10.2 Å². The fourth-order valence-electron chi connectivity index (χ4n) is 3.26. The molecule has 2 heterocycles. The molecule has 1 aliphatic heterocycles. The van der Waals surface area contributed by atoms with Gasteiger partial charge in [0.15, 0.2) is 0 Å². The molecule has 132 valence electrons. The fourth-order valence-corrected chi connectivity index (χ4v) is 3.47. The van der Waals surface area contributed by atoms with Gasteiger partial charge in [0.2, 0.25) is 5.91 Å². The Kier molecular flexibility index (Phi) is 5.87. The first-order valence-corrected chi connectivity index (χ1v) is 9.06. The Bertz CT molecular complexity index is 710. The minimum atomic E-state index is -0.0237. The average molecular weight is 359 g/mol. The van der Waals surface area contributed by atoms with E-state index < -0.39 is 0 Å². The van der Waals surface area contributed by atoms with Crippen molar-refractivity contribution in [2.45, 2.75) is 32.2 Å². The van der Waals surface area contributed by atoms with Crippen molar-refractivity contribution in [1.29, 1.82) is 0 Å². The Labute approximate surface area is 153 Å². The van der Waals surface area contributed by atoms with Gasteiger partial charge in [0.25, 0.3) is 0 Å². The Morgan fingerprint density at radius 3 is 3.00 bits per heavy atom. The van der Waals surface area contributed by atoms with Crippen LogP contribution >= 0.6 is 11.6 Å². The van der Waals surface area contributed by atoms with Crippen molar-refractivity contribution in [3.05, 3.63) is 53.4 Å². The van der Waals surface area contributed by atoms with E-state index >= 15 is 0 Å². The number of aromatic nitrogens is 2. The van der Waals surface area contributed by atoms with Crippen LogP contribution in [0.2, 0.25) is 5.02 Å². The molecule has 1 aliphatic rings. The van der Waals surface area contributed by atoms with Crippen molar-refractivity contribution in [2.75, 3.05) is 18.0 Å². The van der Waals surface area contributed by atoms with E-state index in [1.807, 2.05) is 31.2 Å². The number of hydrogen-bond donors (Lipinski definition) is 1. The second-order valence-corrected chi connectivity index (χ2v) is 6.96. The maximum atomic E-state index is 12.7. The normalized spacial score (nSPS) is 18.6. The fraction of sp³-hybridized carbons (Fsp3) is 0.421. The highest BCUT2D eigenvalue weighted by atomic mass is 35.5. The molecule has 1 saturated heterocycles. The molecule has 3 rings (SSSR count). The van der Waals surface area contributed by atoms with E-state index in [0.717, 1.165) is 42.2 Å². The summed E-state index contributed by atoms with van der Waals surface area (Å²) in [6.07, 6.45) is 7.71. The van der Waals surface area contributed by atoms with E-state index in [4.69, 9.17) is 11.6 Å². The summed E-state index contributed by atoms with van der Waals surface area (Å²) in [5.41, 5.74) is 1.06. The quantitative estimate of drug-likeness (QED) is 0.892. The minimum absolute atomic E-state index is 0.0237. The van der Waals surface area contributed by atoms with Gasteiger partial charge in [0.1, 0.15) is 5.82 Å². The Balaban J connectivity index is 1.56. The Morgan fingerprint density at radius 1 is 1.40 bits per heavy atom. The highest BCUT2D eigenvalue weighted by Crippen LogP contribution is 2.21. The molecule has 1 aromatic heterocycles. The molecule has 0 bridgehead atoms. The first kappa shape index (κ1) is 17.7. The van der Waals surface area contributed by atoms with Gasteiger partial charge in [0.05, 0.1) is 12.1 Å². The van der Waals surface area contributed by atoms with Crippen LogP contribution in [-0.2, 0) is 11.2 Å². The SMILES string of the molecule is C[C@@H](Cc1ccccc1Cl)NC(=O)[C@H]1CCCN(c2cnccn2)C1. The second kappa shape index (κ2) is 8.30. The number of nitrogens with one attached hydrogen (secondary N) is 1. The summed E-state index contributed by atoms with van der Waals surface area (Å²) in [5, 5.41) is 3.88. The van der Waals surface area contributed by atoms with Crippen molar-refractivity contribution in [3.63, 3.8) is 0 Å². The third-order valence-electron chi connectivity index (χ3n) is 4.54. The number of rotatable bonds is 5. The van der Waals surface area contributed by atoms with E-state index in [1.54, 1.807) is 18.6 Å². The molecule has 1 fully saturated rings. The maximum Gasteiger partial charge on any atom is 0.225 e. The lowest BCUT2D eigenvalue weighted by Crippen LogP contribution is -2.46. The first-order valence-electron chi connectivity index (χ1n) is 8.68. The largest absolute Gasteiger partial charge is 0.355 e. The van der Waals surface area contributed by atoms with Crippen molar-refractivity contribution >= 4 is 23.3 Å². The van der Waals surface area contributed by atoms with E-state index in [0.29, 0.717) is 6.54 Å². The van der Waals surface area contributed by atoms with Crippen molar-refractivity contribution < 1.29 is 4.79 Å². The second-order valence-electron chi connectivity index (χ2n) is 6.55. The molecule has 5 nitrogen and oxygen atoms in total. The van der Waals surface area contributed by atoms with Crippen molar-refractivity contribution in [2.24, 2.45) is 5.92 Å². The van der Waals surface area contributed by atoms with Crippen LogP contribution in [0.3, 0.4) is 0 Å². The molecular weight excluding hydrogens is 336 g/mol. The molecule has 2 atom stereocenters. The summed E-state index contributed by atoms with van der Waals surface area (Å²) in [6.45, 7) is 3.62. The molecule has 0 aliphatic carbocycles. The summed E-state index contributed by atoms with van der Waals surface area (Å²) in [5.74, 6) is 0.918. The smallest absolute Gasteiger partial charge is 0.225 e. The average Bonchev–Trinajstić information content (AvgIpc) is 2.64. The van der Waals surface area contributed by atoms with E-state index in [2.05, 4.69) is 20.2 Å². The standard InChI is InChI=1S/C19H23ClN4O/c1-14(11-15-5-2-3-7-17(15)20)23-19(25)16-6-4-10-24(13-16)18-12-21-8-9-22-18/h2-3,5,7-9,12,14,16H,4,6,10-11,13H2,1H3,(H,23,25)/t14-,16-/m0/s1. The number of hydrogen-bond acceptors (Lipinski definition) is 4. The van der Waals surface area contributed by atoms with Crippen LogP contribution in [0.1, 0.15) is 25.3 Å². The van der Waals surface area contributed by atoms with Crippen LogP contribution in [0.15, 0.2) is 42.9 Å². The zero-order valence-electron chi connectivity index (χ0n) is 14.4. The highest BCUT2D eigenvalue weighted by molar-refractivity contribution is 6.31. The van der Waals surface area contributed by atoms with E-state index in [1.165, 1.54) is 0 Å². The van der Waals surface area contributed by atoms with Crippen molar-refractivity contribution in [3.8, 4) is 0 Å². The first-order chi connectivity index (χ1) is 12.1. The molecule has 1 N–H and O–H groups in total. The summed E-state index contributed by atoms with van der Waals surface area (Å²) in [6, 6.07) is 7.81. The lowest BCUT2D eigenvalue weighted by atomic mass is 9.96. The van der Waals surface area contributed by atoms with E-state index in [-0.39, 0.29) is 17.9 Å². The lowest BCUT2D eigenvalue weighted by molar-refractivity contribution is -0.125. The molecule has 6 heteroatoms. The van der Waals surface area contributed by atoms with Crippen LogP contribution in [0.4, 0.5) is 5.82 Å². The molecule has 0 saturated carbocycles. The number of carbonyl (C=O) groups excluding carboxylic acids is 1. The van der Waals surface area contributed by atoms with Crippen LogP contribution in [0, 0.1) is 5.92 Å². The Morgan fingerprint density at radius 2 is 2.24 bits per heavy atom. The zero-order valence-corrected chi connectivity index (χ0v) is 15.1. The monoisotopic (exact) mass is 358 g/mol. The third-order valence-corrected chi connectivity index (χ3v) is 4.91. The number of benzene rings is 1. The minimum Gasteiger partial charge on any atom is -0.355 e. The number of halogens is 1. The van der Waals surface area contributed by atoms with Gasteiger partial charge in [0, 0.05) is 36.5 Å². The zero-order chi connectivity index (χ0) is 17.6. The predicted octanol–water partition coefficient (Wildman–Crippen LogP) is 3.09. The van der Waals surface area contributed by atoms with Gasteiger partial charge in [-0.25, -0.2) is 4.98 Å². The molecule has 0 unspecified atom stereocenters. The Hall–Kier alpha value is -2.14. The van der Waals surface area contributed by atoms with Crippen LogP contribution in [0.25, 0.3) is 0 Å². The predicted molar refractivity (Wildman–Crippen MR) is 99.7 cm³/mol. The van der Waals surface area contributed by atoms with Crippen LogP contribution in [0.5, 0.6) is 0 Å². The number of nitrogens with zero attached hydrogens (tertiary/aromatic N) is 3. The van der Waals surface area contributed by atoms with Gasteiger partial charge in [-0.3, -0.25) is 9.78 Å². The number of anilines is 1. The molecular formula is C19H23ClN4O. The van der Waals surface area contributed by atoms with Gasteiger partial charge in [-0.15, -0.1) is 0 Å². The number of amides is 1. The molecule has 2 aromatic rings. The number of carbonyl (C=O) groups is 1. The molecule has 1 aromatic carbocycles. The number of piperidine rings is 1. The third kappa shape index (κ3) is 4.69. The van der Waals surface area contributed by atoms with Gasteiger partial charge in [-0.05, 0) is 37.8 Å². The maximum absolute atomic E-state index is 12.7. The highest BCUT2D eigenvalue weighted by Gasteiger charge is 2.27. The lowest BCUT2D eigenvalue weighted by Gasteiger charge is -2.33. The molecule has 0 spiro atoms. The molecule has 1 amide bonds. The summed E-state index contributed by atoms with van der Waals surface area (Å²) < 4.78 is 0. The summed E-state index contributed by atoms with van der Waals surface area (Å²) in [7, 11) is 0. The van der Waals surface area contributed by atoms with Gasteiger partial charge in [-0.2, -0.15) is 0 Å².